The van der Waals surface area contributed by atoms with Gasteiger partial charge in [0, 0.05) is 16.5 Å². The second-order valence-corrected chi connectivity index (χ2v) is 7.23. The van der Waals surface area contributed by atoms with Crippen molar-refractivity contribution in [3.63, 3.8) is 0 Å². The molecule has 152 valence electrons. The summed E-state index contributed by atoms with van der Waals surface area (Å²) < 4.78 is 37.3. The van der Waals surface area contributed by atoms with Gasteiger partial charge < -0.3 is 0 Å². The lowest BCUT2D eigenvalue weighted by molar-refractivity contribution is -0.385. The summed E-state index contributed by atoms with van der Waals surface area (Å²) in [6, 6.07) is 9.98. The average molecular weight is 425 g/mol. The topological polar surface area (TPSA) is 91.4 Å². The zero-order valence-corrected chi connectivity index (χ0v) is 15.7. The van der Waals surface area contributed by atoms with Crippen molar-refractivity contribution >= 4 is 29.4 Å². The molecule has 1 unspecified atom stereocenters. The molecule has 1 heterocycles. The normalized spacial score (nSPS) is 16.3. The number of aldehydes is 1. The number of thioether (sulfide) groups is 1. The average Bonchev–Trinajstić information content (AvgIpc) is 3.03. The van der Waals surface area contributed by atoms with Crippen molar-refractivity contribution in [1.29, 1.82) is 0 Å². The van der Waals surface area contributed by atoms with Crippen molar-refractivity contribution in [2.24, 2.45) is 10.4 Å². The van der Waals surface area contributed by atoms with Gasteiger partial charge in [0.15, 0.2) is 12.5 Å². The Balaban J connectivity index is 1.73. The van der Waals surface area contributed by atoms with E-state index in [4.69, 9.17) is 0 Å². The third kappa shape index (κ3) is 4.83. The number of hydrogen-bond acceptors (Lipinski definition) is 8. The maximum atomic E-state index is 12.4. The van der Waals surface area contributed by atoms with Crippen molar-refractivity contribution in [3.05, 3.63) is 63.7 Å². The summed E-state index contributed by atoms with van der Waals surface area (Å²) in [6.45, 7) is 1.78. The molecule has 1 atom stereocenters. The van der Waals surface area contributed by atoms with E-state index in [2.05, 4.69) is 10.4 Å². The summed E-state index contributed by atoms with van der Waals surface area (Å²) in [5, 5.41) is 21.5. The third-order valence-corrected chi connectivity index (χ3v) is 4.81. The number of benzene rings is 2. The lowest BCUT2D eigenvalue weighted by atomic mass is 10.1. The van der Waals surface area contributed by atoms with Gasteiger partial charge in [-0.3, -0.25) is 14.9 Å². The van der Waals surface area contributed by atoms with Gasteiger partial charge in [-0.05, 0) is 59.8 Å². The van der Waals surface area contributed by atoms with E-state index >= 15 is 0 Å². The molecule has 0 N–H and O–H groups in total. The van der Waals surface area contributed by atoms with E-state index in [9.17, 15) is 28.1 Å². The summed E-state index contributed by atoms with van der Waals surface area (Å²) in [6.07, 6.45) is -0.289. The highest BCUT2D eigenvalue weighted by atomic mass is 32.2. The van der Waals surface area contributed by atoms with Crippen molar-refractivity contribution in [1.82, 2.24) is 5.01 Å². The Morgan fingerprint density at radius 2 is 1.90 bits per heavy atom. The van der Waals surface area contributed by atoms with Gasteiger partial charge in [-0.1, -0.05) is 11.3 Å². The predicted octanol–water partition coefficient (Wildman–Crippen LogP) is 4.64. The maximum Gasteiger partial charge on any atom is 0.446 e. The molecule has 2 aromatic rings. The Morgan fingerprint density at radius 1 is 1.21 bits per heavy atom. The fourth-order valence-corrected chi connectivity index (χ4v) is 3.33. The molecule has 0 spiro atoms. The molecule has 0 amide bonds. The number of nitrogens with zero attached hydrogens (tertiary/aromatic N) is 5. The first-order chi connectivity index (χ1) is 13.7. The Hall–Kier alpha value is -3.15. The predicted molar refractivity (Wildman–Crippen MR) is 98.9 cm³/mol. The third-order valence-electron chi connectivity index (χ3n) is 4.07. The van der Waals surface area contributed by atoms with Crippen LogP contribution in [0, 0.1) is 17.0 Å². The molecule has 3 rings (SSSR count). The molecule has 2 aromatic carbocycles. The van der Waals surface area contributed by atoms with Crippen LogP contribution in [0.5, 0.6) is 0 Å². The van der Waals surface area contributed by atoms with E-state index in [1.54, 1.807) is 19.1 Å². The van der Waals surface area contributed by atoms with Gasteiger partial charge >= 0.3 is 5.51 Å². The van der Waals surface area contributed by atoms with Crippen LogP contribution in [0.25, 0.3) is 0 Å². The van der Waals surface area contributed by atoms with Crippen molar-refractivity contribution in [3.8, 4) is 0 Å². The van der Waals surface area contributed by atoms with Gasteiger partial charge in [-0.2, -0.15) is 13.2 Å². The SMILES string of the molecule is Cc1cc(CN2N=NN(c3ccc(SC(F)(F)F)cc3)C2C=O)ccc1[N+](=O)[O-]. The molecule has 0 radical (unpaired) electrons. The molecule has 0 saturated carbocycles. The summed E-state index contributed by atoms with van der Waals surface area (Å²) in [7, 11) is 0. The summed E-state index contributed by atoms with van der Waals surface area (Å²) in [5.41, 5.74) is -2.83. The van der Waals surface area contributed by atoms with E-state index in [0.717, 1.165) is 0 Å². The van der Waals surface area contributed by atoms with Gasteiger partial charge in [0.05, 0.1) is 17.2 Å². The molecule has 8 nitrogen and oxygen atoms in total. The van der Waals surface area contributed by atoms with Crippen LogP contribution in [-0.2, 0) is 11.3 Å². The van der Waals surface area contributed by atoms with Gasteiger partial charge in [-0.25, -0.2) is 10.0 Å². The Labute approximate surface area is 167 Å². The number of carbonyl (C=O) groups excluding carboxylic acids is 1. The molecule has 1 aliphatic heterocycles. The first-order valence-electron chi connectivity index (χ1n) is 8.20. The molecule has 29 heavy (non-hydrogen) atoms. The number of carbonyl (C=O) groups is 1. The first-order valence-corrected chi connectivity index (χ1v) is 9.02. The Morgan fingerprint density at radius 3 is 2.45 bits per heavy atom. The van der Waals surface area contributed by atoms with E-state index in [-0.39, 0.29) is 28.9 Å². The first kappa shape index (κ1) is 20.6. The van der Waals surface area contributed by atoms with E-state index in [1.165, 1.54) is 40.3 Å². The molecule has 0 aromatic heterocycles. The van der Waals surface area contributed by atoms with Gasteiger partial charge in [0.1, 0.15) is 0 Å². The highest BCUT2D eigenvalue weighted by Crippen LogP contribution is 2.38. The molecule has 1 aliphatic rings. The minimum absolute atomic E-state index is 0.0119. The molecule has 0 fully saturated rings. The zero-order chi connectivity index (χ0) is 21.2. The van der Waals surface area contributed by atoms with Crippen LogP contribution < -0.4 is 5.01 Å². The molecular formula is C17H14F3N5O3S. The quantitative estimate of drug-likeness (QED) is 0.290. The van der Waals surface area contributed by atoms with Crippen LogP contribution >= 0.6 is 11.8 Å². The molecule has 0 aliphatic carbocycles. The Kier molecular flexibility index (Phi) is 5.73. The smallest absolute Gasteiger partial charge is 0.299 e. The van der Waals surface area contributed by atoms with Gasteiger partial charge in [0.25, 0.3) is 5.69 Å². The summed E-state index contributed by atoms with van der Waals surface area (Å²) in [5.74, 6) is 0. The zero-order valence-electron chi connectivity index (χ0n) is 14.9. The number of anilines is 1. The molecular weight excluding hydrogens is 411 g/mol. The monoisotopic (exact) mass is 425 g/mol. The van der Waals surface area contributed by atoms with Crippen LogP contribution in [0.2, 0.25) is 0 Å². The number of aryl methyl sites for hydroxylation is 1. The number of hydrogen-bond donors (Lipinski definition) is 0. The van der Waals surface area contributed by atoms with E-state index in [1.807, 2.05) is 0 Å². The standard InChI is InChI=1S/C17H14F3N5O3S/c1-11-8-12(2-7-15(11)25(27)28)9-23-16(10-26)24(22-21-23)13-3-5-14(6-4-13)29-17(18,19)20/h2-8,10,16H,9H2,1H3. The maximum absolute atomic E-state index is 12.4. The number of halogens is 3. The number of rotatable bonds is 6. The molecule has 0 bridgehead atoms. The lowest BCUT2D eigenvalue weighted by Gasteiger charge is -2.23. The second kappa shape index (κ2) is 8.07. The van der Waals surface area contributed by atoms with Crippen LogP contribution in [0.1, 0.15) is 11.1 Å². The van der Waals surface area contributed by atoms with Crippen LogP contribution in [-0.4, -0.2) is 27.9 Å². The largest absolute Gasteiger partial charge is 0.446 e. The summed E-state index contributed by atoms with van der Waals surface area (Å²) >= 11 is -0.235. The minimum Gasteiger partial charge on any atom is -0.299 e. The second-order valence-electron chi connectivity index (χ2n) is 6.09. The van der Waals surface area contributed by atoms with Gasteiger partial charge in [0.2, 0.25) is 0 Å². The van der Waals surface area contributed by atoms with Crippen molar-refractivity contribution < 1.29 is 22.9 Å². The van der Waals surface area contributed by atoms with Crippen molar-refractivity contribution in [2.75, 3.05) is 5.01 Å². The lowest BCUT2D eigenvalue weighted by Crippen LogP contribution is -2.39. The van der Waals surface area contributed by atoms with E-state index in [0.29, 0.717) is 23.1 Å². The molecule has 0 saturated heterocycles. The fraction of sp³-hybridized carbons (Fsp3) is 0.235. The highest BCUT2D eigenvalue weighted by molar-refractivity contribution is 8.00. The Bertz CT molecular complexity index is 952. The number of nitro groups is 1. The van der Waals surface area contributed by atoms with Gasteiger partial charge in [-0.15, -0.1) is 0 Å². The van der Waals surface area contributed by atoms with Crippen LogP contribution in [0.15, 0.2) is 57.8 Å². The number of alkyl halides is 3. The number of nitro benzene ring substituents is 1. The van der Waals surface area contributed by atoms with Crippen LogP contribution in [0.4, 0.5) is 24.5 Å². The fourth-order valence-electron chi connectivity index (χ4n) is 2.79. The highest BCUT2D eigenvalue weighted by Gasteiger charge is 2.32. The van der Waals surface area contributed by atoms with E-state index < -0.39 is 16.6 Å². The molecule has 12 heteroatoms. The van der Waals surface area contributed by atoms with Crippen molar-refractivity contribution in [2.45, 2.75) is 30.0 Å². The minimum atomic E-state index is -4.39. The van der Waals surface area contributed by atoms with Crippen LogP contribution in [0.3, 0.4) is 0 Å². The summed E-state index contributed by atoms with van der Waals surface area (Å²) in [4.78, 5) is 22.1.